The van der Waals surface area contributed by atoms with E-state index in [9.17, 15) is 4.79 Å². The van der Waals surface area contributed by atoms with Gasteiger partial charge in [-0.3, -0.25) is 9.78 Å². The Kier molecular flexibility index (Phi) is 5.11. The fraction of sp³-hybridized carbons (Fsp3) is 0.538. The maximum Gasteiger partial charge on any atom is 0.221 e. The molecule has 18 heavy (non-hydrogen) atoms. The quantitative estimate of drug-likeness (QED) is 0.778. The van der Waals surface area contributed by atoms with Crippen molar-refractivity contribution in [3.8, 4) is 0 Å². The molecule has 2 rings (SSSR count). The van der Waals surface area contributed by atoms with Gasteiger partial charge in [-0.1, -0.05) is 6.07 Å². The number of ether oxygens (including phenoxy) is 1. The largest absolute Gasteiger partial charge is 0.378 e. The molecule has 1 aromatic rings. The Morgan fingerprint density at radius 2 is 2.50 bits per heavy atom. The second kappa shape index (κ2) is 7.08. The number of amides is 1. The van der Waals surface area contributed by atoms with E-state index in [-0.39, 0.29) is 11.9 Å². The average molecular weight is 249 g/mol. The van der Waals surface area contributed by atoms with E-state index in [1.165, 1.54) is 0 Å². The minimum absolute atomic E-state index is 0.0638. The highest BCUT2D eigenvalue weighted by Crippen LogP contribution is 1.98. The van der Waals surface area contributed by atoms with Gasteiger partial charge in [-0.2, -0.15) is 0 Å². The summed E-state index contributed by atoms with van der Waals surface area (Å²) < 4.78 is 5.30. The summed E-state index contributed by atoms with van der Waals surface area (Å²) in [7, 11) is 0. The monoisotopic (exact) mass is 249 g/mol. The molecule has 1 unspecified atom stereocenters. The molecule has 5 heteroatoms. The predicted octanol–water partition coefficient (Wildman–Crippen LogP) is 0.119. The van der Waals surface area contributed by atoms with Crippen molar-refractivity contribution in [1.29, 1.82) is 0 Å². The molecule has 0 radical (unpaired) electrons. The van der Waals surface area contributed by atoms with Crippen molar-refractivity contribution >= 4 is 5.91 Å². The van der Waals surface area contributed by atoms with Crippen LogP contribution in [0.25, 0.3) is 0 Å². The Balaban J connectivity index is 1.62. The van der Waals surface area contributed by atoms with Gasteiger partial charge in [0.05, 0.1) is 13.2 Å². The van der Waals surface area contributed by atoms with Gasteiger partial charge in [0, 0.05) is 43.9 Å². The van der Waals surface area contributed by atoms with Crippen LogP contribution in [0.5, 0.6) is 0 Å². The van der Waals surface area contributed by atoms with Crippen LogP contribution in [-0.2, 0) is 16.0 Å². The van der Waals surface area contributed by atoms with E-state index in [2.05, 4.69) is 15.6 Å². The molecule has 2 heterocycles. The number of hydrogen-bond donors (Lipinski definition) is 2. The Bertz CT molecular complexity index is 364. The van der Waals surface area contributed by atoms with Crippen LogP contribution in [0, 0.1) is 0 Å². The zero-order valence-electron chi connectivity index (χ0n) is 10.4. The zero-order chi connectivity index (χ0) is 12.6. The highest BCUT2D eigenvalue weighted by atomic mass is 16.5. The summed E-state index contributed by atoms with van der Waals surface area (Å²) in [6, 6.07) is 5.95. The van der Waals surface area contributed by atoms with E-state index < -0.39 is 0 Å². The number of carbonyl (C=O) groups is 1. The molecular weight excluding hydrogens is 230 g/mol. The molecule has 0 saturated carbocycles. The second-order valence-corrected chi connectivity index (χ2v) is 4.35. The fourth-order valence-electron chi connectivity index (χ4n) is 1.92. The molecule has 0 spiro atoms. The Morgan fingerprint density at radius 3 is 3.22 bits per heavy atom. The lowest BCUT2D eigenvalue weighted by Gasteiger charge is -2.23. The van der Waals surface area contributed by atoms with Gasteiger partial charge in [-0.15, -0.1) is 0 Å². The van der Waals surface area contributed by atoms with Crippen LogP contribution in [0.2, 0.25) is 0 Å². The average Bonchev–Trinajstić information content (AvgIpc) is 2.41. The summed E-state index contributed by atoms with van der Waals surface area (Å²) >= 11 is 0. The summed E-state index contributed by atoms with van der Waals surface area (Å²) in [4.78, 5) is 15.9. The van der Waals surface area contributed by atoms with Gasteiger partial charge in [0.2, 0.25) is 5.91 Å². The number of pyridine rings is 1. The van der Waals surface area contributed by atoms with E-state index in [0.717, 1.165) is 25.3 Å². The third kappa shape index (κ3) is 4.43. The first-order valence-electron chi connectivity index (χ1n) is 6.32. The van der Waals surface area contributed by atoms with Crippen LogP contribution in [0.1, 0.15) is 12.1 Å². The number of morpholine rings is 1. The molecule has 1 amide bonds. The topological polar surface area (TPSA) is 63.2 Å². The molecule has 1 fully saturated rings. The molecule has 1 aliphatic rings. The van der Waals surface area contributed by atoms with Crippen molar-refractivity contribution < 1.29 is 9.53 Å². The first-order valence-corrected chi connectivity index (χ1v) is 6.32. The Morgan fingerprint density at radius 1 is 1.56 bits per heavy atom. The van der Waals surface area contributed by atoms with Crippen LogP contribution in [0.3, 0.4) is 0 Å². The Hall–Kier alpha value is -1.46. The minimum atomic E-state index is 0.0638. The first kappa shape index (κ1) is 13.0. The smallest absolute Gasteiger partial charge is 0.221 e. The van der Waals surface area contributed by atoms with Crippen molar-refractivity contribution in [3.05, 3.63) is 30.1 Å². The number of carbonyl (C=O) groups excluding carboxylic acids is 1. The highest BCUT2D eigenvalue weighted by Gasteiger charge is 2.16. The molecule has 1 atom stereocenters. The van der Waals surface area contributed by atoms with Crippen molar-refractivity contribution in [2.45, 2.75) is 18.9 Å². The molecule has 2 N–H and O–H groups in total. The minimum Gasteiger partial charge on any atom is -0.378 e. The van der Waals surface area contributed by atoms with E-state index in [1.807, 2.05) is 18.2 Å². The van der Waals surface area contributed by atoms with Gasteiger partial charge in [-0.25, -0.2) is 0 Å². The van der Waals surface area contributed by atoms with Crippen LogP contribution in [0.4, 0.5) is 0 Å². The van der Waals surface area contributed by atoms with E-state index >= 15 is 0 Å². The SMILES string of the molecule is O=C(CC1COCCN1)NCCc1ccccn1. The zero-order valence-corrected chi connectivity index (χ0v) is 10.4. The summed E-state index contributed by atoms with van der Waals surface area (Å²) in [6.45, 7) is 2.81. The number of rotatable bonds is 5. The van der Waals surface area contributed by atoms with Crippen LogP contribution >= 0.6 is 0 Å². The predicted molar refractivity (Wildman–Crippen MR) is 68.2 cm³/mol. The third-order valence-electron chi connectivity index (χ3n) is 2.86. The molecule has 1 saturated heterocycles. The van der Waals surface area contributed by atoms with Crippen LogP contribution in [-0.4, -0.2) is 43.2 Å². The Labute approximate surface area is 107 Å². The third-order valence-corrected chi connectivity index (χ3v) is 2.86. The number of nitrogens with zero attached hydrogens (tertiary/aromatic N) is 1. The number of nitrogens with one attached hydrogen (secondary N) is 2. The number of hydrogen-bond acceptors (Lipinski definition) is 4. The summed E-state index contributed by atoms with van der Waals surface area (Å²) in [5.74, 6) is 0.0638. The molecule has 0 bridgehead atoms. The first-order chi connectivity index (χ1) is 8.84. The van der Waals surface area contributed by atoms with Gasteiger partial charge in [0.1, 0.15) is 0 Å². The van der Waals surface area contributed by atoms with Crippen molar-refractivity contribution in [2.24, 2.45) is 0 Å². The van der Waals surface area contributed by atoms with Crippen LogP contribution < -0.4 is 10.6 Å². The van der Waals surface area contributed by atoms with Crippen molar-refractivity contribution in [3.63, 3.8) is 0 Å². The molecule has 98 valence electrons. The van der Waals surface area contributed by atoms with E-state index in [4.69, 9.17) is 4.74 Å². The van der Waals surface area contributed by atoms with Crippen molar-refractivity contribution in [2.75, 3.05) is 26.3 Å². The second-order valence-electron chi connectivity index (χ2n) is 4.35. The molecule has 1 aromatic heterocycles. The van der Waals surface area contributed by atoms with Gasteiger partial charge in [0.25, 0.3) is 0 Å². The van der Waals surface area contributed by atoms with Gasteiger partial charge in [-0.05, 0) is 12.1 Å². The molecule has 5 nitrogen and oxygen atoms in total. The van der Waals surface area contributed by atoms with E-state index in [0.29, 0.717) is 19.6 Å². The summed E-state index contributed by atoms with van der Waals surface area (Å²) in [5, 5.41) is 6.16. The lowest BCUT2D eigenvalue weighted by atomic mass is 10.2. The standard InChI is InChI=1S/C13H19N3O2/c17-13(9-12-10-18-8-7-15-12)16-6-4-11-3-1-2-5-14-11/h1-3,5,12,15H,4,6-10H2,(H,16,17). The fourth-order valence-corrected chi connectivity index (χ4v) is 1.92. The summed E-state index contributed by atoms with van der Waals surface area (Å²) in [6.07, 6.45) is 3.00. The van der Waals surface area contributed by atoms with Gasteiger partial charge in [0.15, 0.2) is 0 Å². The maximum absolute atomic E-state index is 11.7. The van der Waals surface area contributed by atoms with E-state index in [1.54, 1.807) is 6.20 Å². The molecule has 0 aromatic carbocycles. The lowest BCUT2D eigenvalue weighted by Crippen LogP contribution is -2.44. The van der Waals surface area contributed by atoms with Crippen LogP contribution in [0.15, 0.2) is 24.4 Å². The molecular formula is C13H19N3O2. The normalized spacial score (nSPS) is 19.4. The van der Waals surface area contributed by atoms with Gasteiger partial charge >= 0.3 is 0 Å². The summed E-state index contributed by atoms with van der Waals surface area (Å²) in [5.41, 5.74) is 0.997. The van der Waals surface area contributed by atoms with Gasteiger partial charge < -0.3 is 15.4 Å². The molecule has 1 aliphatic heterocycles. The highest BCUT2D eigenvalue weighted by molar-refractivity contribution is 5.76. The maximum atomic E-state index is 11.7. The molecule has 0 aliphatic carbocycles. The van der Waals surface area contributed by atoms with Crippen molar-refractivity contribution in [1.82, 2.24) is 15.6 Å². The number of aromatic nitrogens is 1. The lowest BCUT2D eigenvalue weighted by molar-refractivity contribution is -0.122.